The van der Waals surface area contributed by atoms with E-state index in [0.29, 0.717) is 11.4 Å². The first kappa shape index (κ1) is 15.2. The summed E-state index contributed by atoms with van der Waals surface area (Å²) in [5, 5.41) is 4.32. The monoisotopic (exact) mass is 287 g/mol. The van der Waals surface area contributed by atoms with Crippen molar-refractivity contribution < 1.29 is 4.79 Å². The molecule has 0 aromatic carbocycles. The van der Waals surface area contributed by atoms with Gasteiger partial charge in [-0.3, -0.25) is 9.69 Å². The molecule has 0 aliphatic heterocycles. The largest absolute Gasteiger partial charge is 0.366 e. The van der Waals surface area contributed by atoms with E-state index in [1.54, 1.807) is 16.8 Å². The van der Waals surface area contributed by atoms with Gasteiger partial charge in [-0.05, 0) is 31.6 Å². The molecule has 112 valence electrons. The average Bonchev–Trinajstić information content (AvgIpc) is 2.95. The number of amides is 1. The predicted octanol–water partition coefficient (Wildman–Crippen LogP) is 1.60. The maximum Gasteiger partial charge on any atom is 0.250 e. The van der Waals surface area contributed by atoms with Crippen LogP contribution >= 0.6 is 0 Å². The zero-order valence-electron chi connectivity index (χ0n) is 12.5. The van der Waals surface area contributed by atoms with Gasteiger partial charge in [0.25, 0.3) is 0 Å². The number of nitrogens with zero attached hydrogens (tertiary/aromatic N) is 4. The summed E-state index contributed by atoms with van der Waals surface area (Å²) in [5.74, 6) is 0.193. The quantitative estimate of drug-likeness (QED) is 0.839. The molecule has 2 N–H and O–H groups in total. The van der Waals surface area contributed by atoms with Crippen LogP contribution in [0.3, 0.4) is 0 Å². The van der Waals surface area contributed by atoms with Crippen LogP contribution in [0.25, 0.3) is 5.82 Å². The van der Waals surface area contributed by atoms with Gasteiger partial charge in [0.15, 0.2) is 5.82 Å². The number of primary amides is 1. The highest BCUT2D eigenvalue weighted by molar-refractivity contribution is 5.92. The van der Waals surface area contributed by atoms with Gasteiger partial charge in [-0.2, -0.15) is 5.10 Å². The first-order valence-electron chi connectivity index (χ1n) is 7.16. The Labute approximate surface area is 124 Å². The molecule has 0 saturated heterocycles. The number of hydrogen-bond acceptors (Lipinski definition) is 4. The predicted molar refractivity (Wildman–Crippen MR) is 81.1 cm³/mol. The Hall–Kier alpha value is -2.21. The van der Waals surface area contributed by atoms with Crippen LogP contribution in [-0.2, 0) is 6.54 Å². The van der Waals surface area contributed by atoms with Crippen molar-refractivity contribution in [2.45, 2.75) is 26.8 Å². The van der Waals surface area contributed by atoms with Crippen LogP contribution in [-0.4, -0.2) is 38.7 Å². The Morgan fingerprint density at radius 2 is 2.14 bits per heavy atom. The first-order valence-corrected chi connectivity index (χ1v) is 7.16. The molecule has 0 saturated carbocycles. The number of nitrogens with two attached hydrogens (primary N) is 1. The summed E-state index contributed by atoms with van der Waals surface area (Å²) >= 11 is 0. The third-order valence-corrected chi connectivity index (χ3v) is 3.30. The van der Waals surface area contributed by atoms with Crippen LogP contribution in [0.1, 0.15) is 36.2 Å². The second-order valence-corrected chi connectivity index (χ2v) is 4.93. The SMILES string of the molecule is CCCN(CC)Cc1cnn(-c2ccc(C(N)=O)cn2)c1. The molecule has 2 rings (SSSR count). The number of pyridine rings is 1. The highest BCUT2D eigenvalue weighted by Crippen LogP contribution is 2.09. The van der Waals surface area contributed by atoms with Crippen LogP contribution in [0.2, 0.25) is 0 Å². The lowest BCUT2D eigenvalue weighted by Gasteiger charge is -2.18. The van der Waals surface area contributed by atoms with E-state index in [1.165, 1.54) is 6.20 Å². The number of hydrogen-bond donors (Lipinski definition) is 1. The van der Waals surface area contributed by atoms with E-state index >= 15 is 0 Å². The van der Waals surface area contributed by atoms with Crippen molar-refractivity contribution in [1.29, 1.82) is 0 Å². The lowest BCUT2D eigenvalue weighted by molar-refractivity contribution is 0.1000. The van der Waals surface area contributed by atoms with Crippen molar-refractivity contribution in [3.63, 3.8) is 0 Å². The van der Waals surface area contributed by atoms with Gasteiger partial charge < -0.3 is 5.73 Å². The molecule has 1 amide bonds. The fourth-order valence-corrected chi connectivity index (χ4v) is 2.16. The molecular formula is C15H21N5O. The third-order valence-electron chi connectivity index (χ3n) is 3.30. The molecular weight excluding hydrogens is 266 g/mol. The van der Waals surface area contributed by atoms with Crippen molar-refractivity contribution in [3.05, 3.63) is 41.9 Å². The molecule has 2 aromatic rings. The smallest absolute Gasteiger partial charge is 0.250 e. The van der Waals surface area contributed by atoms with E-state index in [2.05, 4.69) is 28.8 Å². The molecule has 2 aromatic heterocycles. The van der Waals surface area contributed by atoms with Crippen molar-refractivity contribution in [2.75, 3.05) is 13.1 Å². The standard InChI is InChI=1S/C15H21N5O/c1-3-7-19(4-2)10-12-8-18-20(11-12)14-6-5-13(9-17-14)15(16)21/h5-6,8-9,11H,3-4,7,10H2,1-2H3,(H2,16,21). The number of rotatable bonds is 7. The molecule has 0 spiro atoms. The van der Waals surface area contributed by atoms with Gasteiger partial charge in [0, 0.05) is 24.5 Å². The maximum absolute atomic E-state index is 11.0. The van der Waals surface area contributed by atoms with Gasteiger partial charge in [0.1, 0.15) is 0 Å². The Morgan fingerprint density at radius 1 is 1.33 bits per heavy atom. The van der Waals surface area contributed by atoms with Crippen LogP contribution < -0.4 is 5.73 Å². The van der Waals surface area contributed by atoms with Crippen molar-refractivity contribution >= 4 is 5.91 Å². The topological polar surface area (TPSA) is 77.0 Å². The normalized spacial score (nSPS) is 11.0. The lowest BCUT2D eigenvalue weighted by atomic mass is 10.3. The molecule has 6 nitrogen and oxygen atoms in total. The number of aromatic nitrogens is 3. The molecule has 0 bridgehead atoms. The van der Waals surface area contributed by atoms with Crippen molar-refractivity contribution in [2.24, 2.45) is 5.73 Å². The third kappa shape index (κ3) is 3.88. The summed E-state index contributed by atoms with van der Waals surface area (Å²) in [4.78, 5) is 17.6. The minimum Gasteiger partial charge on any atom is -0.366 e. The van der Waals surface area contributed by atoms with Crippen LogP contribution in [0, 0.1) is 0 Å². The first-order chi connectivity index (χ1) is 10.1. The average molecular weight is 287 g/mol. The van der Waals surface area contributed by atoms with Crippen molar-refractivity contribution in [3.8, 4) is 5.82 Å². The molecule has 0 aliphatic carbocycles. The van der Waals surface area contributed by atoms with E-state index in [4.69, 9.17) is 5.73 Å². The van der Waals surface area contributed by atoms with E-state index in [-0.39, 0.29) is 0 Å². The minimum absolute atomic E-state index is 0.395. The fraction of sp³-hybridized carbons (Fsp3) is 0.400. The summed E-state index contributed by atoms with van der Waals surface area (Å²) in [6, 6.07) is 3.39. The molecule has 2 heterocycles. The summed E-state index contributed by atoms with van der Waals surface area (Å²) in [5.41, 5.74) is 6.74. The Bertz CT molecular complexity index is 590. The molecule has 21 heavy (non-hydrogen) atoms. The van der Waals surface area contributed by atoms with Crippen LogP contribution in [0.4, 0.5) is 0 Å². The molecule has 0 unspecified atom stereocenters. The van der Waals surface area contributed by atoms with E-state index in [9.17, 15) is 4.79 Å². The number of carbonyl (C=O) groups is 1. The minimum atomic E-state index is -0.478. The summed E-state index contributed by atoms with van der Waals surface area (Å²) in [7, 11) is 0. The summed E-state index contributed by atoms with van der Waals surface area (Å²) < 4.78 is 1.71. The number of carbonyl (C=O) groups excluding carboxylic acids is 1. The van der Waals surface area contributed by atoms with Gasteiger partial charge >= 0.3 is 0 Å². The van der Waals surface area contributed by atoms with Crippen LogP contribution in [0.15, 0.2) is 30.7 Å². The molecule has 0 radical (unpaired) electrons. The summed E-state index contributed by atoms with van der Waals surface area (Å²) in [6.45, 7) is 7.31. The van der Waals surface area contributed by atoms with Gasteiger partial charge in [-0.1, -0.05) is 13.8 Å². The van der Waals surface area contributed by atoms with Gasteiger partial charge in [-0.15, -0.1) is 0 Å². The molecule has 0 fully saturated rings. The Balaban J connectivity index is 2.10. The van der Waals surface area contributed by atoms with Gasteiger partial charge in [0.2, 0.25) is 5.91 Å². The lowest BCUT2D eigenvalue weighted by Crippen LogP contribution is -2.23. The Morgan fingerprint density at radius 3 is 2.71 bits per heavy atom. The van der Waals surface area contributed by atoms with Crippen LogP contribution in [0.5, 0.6) is 0 Å². The highest BCUT2D eigenvalue weighted by atomic mass is 16.1. The summed E-state index contributed by atoms with van der Waals surface area (Å²) in [6.07, 6.45) is 6.42. The van der Waals surface area contributed by atoms with E-state index in [1.807, 2.05) is 12.4 Å². The highest BCUT2D eigenvalue weighted by Gasteiger charge is 2.07. The second-order valence-electron chi connectivity index (χ2n) is 4.93. The zero-order chi connectivity index (χ0) is 15.2. The van der Waals surface area contributed by atoms with E-state index < -0.39 is 5.91 Å². The maximum atomic E-state index is 11.0. The molecule has 0 aliphatic rings. The molecule has 6 heteroatoms. The molecule has 0 atom stereocenters. The van der Waals surface area contributed by atoms with Crippen molar-refractivity contribution in [1.82, 2.24) is 19.7 Å². The fourth-order valence-electron chi connectivity index (χ4n) is 2.16. The Kier molecular flexibility index (Phi) is 5.05. The van der Waals surface area contributed by atoms with Gasteiger partial charge in [-0.25, -0.2) is 9.67 Å². The zero-order valence-corrected chi connectivity index (χ0v) is 12.5. The second kappa shape index (κ2) is 6.99. The van der Waals surface area contributed by atoms with Gasteiger partial charge in [0.05, 0.1) is 11.8 Å². The van der Waals surface area contributed by atoms with E-state index in [0.717, 1.165) is 31.6 Å².